The second kappa shape index (κ2) is 10.2. The molecule has 0 bridgehead atoms. The van der Waals surface area contributed by atoms with Crippen molar-refractivity contribution in [3.05, 3.63) is 17.7 Å². The highest BCUT2D eigenvalue weighted by Crippen LogP contribution is 2.38. The Hall–Kier alpha value is -2.44. The van der Waals surface area contributed by atoms with E-state index in [1.807, 2.05) is 18.7 Å². The number of nitrogens with zero attached hydrogens (tertiary/aromatic N) is 2. The third-order valence-corrected chi connectivity index (χ3v) is 5.04. The van der Waals surface area contributed by atoms with E-state index in [0.29, 0.717) is 42.2 Å². The first-order valence-corrected chi connectivity index (χ1v) is 9.81. The molecule has 0 N–H and O–H groups in total. The summed E-state index contributed by atoms with van der Waals surface area (Å²) < 4.78 is 16.0. The van der Waals surface area contributed by atoms with Gasteiger partial charge in [0.25, 0.3) is 5.91 Å². The van der Waals surface area contributed by atoms with E-state index in [9.17, 15) is 9.59 Å². The minimum absolute atomic E-state index is 0.00785. The zero-order valence-corrected chi connectivity index (χ0v) is 17.6. The second-order valence-corrected chi connectivity index (χ2v) is 7.20. The molecule has 1 heterocycles. The number of carbonyl (C=O) groups is 2. The first-order chi connectivity index (χ1) is 13.4. The molecular weight excluding hydrogens is 360 g/mol. The Balaban J connectivity index is 2.10. The van der Waals surface area contributed by atoms with Gasteiger partial charge < -0.3 is 24.0 Å². The van der Waals surface area contributed by atoms with E-state index in [1.54, 1.807) is 17.0 Å². The lowest BCUT2D eigenvalue weighted by atomic mass is 10.1. The molecule has 1 aromatic rings. The van der Waals surface area contributed by atoms with Crippen molar-refractivity contribution in [1.82, 2.24) is 9.80 Å². The van der Waals surface area contributed by atoms with Crippen LogP contribution in [0.1, 0.15) is 49.9 Å². The molecule has 0 aromatic heterocycles. The third-order valence-electron chi connectivity index (χ3n) is 5.04. The summed E-state index contributed by atoms with van der Waals surface area (Å²) in [5.74, 6) is 1.40. The number of amides is 2. The molecule has 1 aliphatic rings. The smallest absolute Gasteiger partial charge is 0.254 e. The lowest BCUT2D eigenvalue weighted by Crippen LogP contribution is -2.38. The van der Waals surface area contributed by atoms with E-state index < -0.39 is 0 Å². The Labute approximate surface area is 167 Å². The summed E-state index contributed by atoms with van der Waals surface area (Å²) in [6.07, 6.45) is 3.28. The number of hydrogen-bond donors (Lipinski definition) is 0. The summed E-state index contributed by atoms with van der Waals surface area (Å²) in [5, 5.41) is 0. The molecule has 1 aliphatic heterocycles. The Morgan fingerprint density at radius 2 is 1.61 bits per heavy atom. The quantitative estimate of drug-likeness (QED) is 0.646. The van der Waals surface area contributed by atoms with Crippen molar-refractivity contribution in [2.24, 2.45) is 0 Å². The van der Waals surface area contributed by atoms with Gasteiger partial charge in [0.05, 0.1) is 21.3 Å². The molecule has 7 nitrogen and oxygen atoms in total. The number of likely N-dealkylation sites (tertiary alicyclic amines) is 1. The van der Waals surface area contributed by atoms with Gasteiger partial charge in [-0.3, -0.25) is 9.59 Å². The molecule has 0 spiro atoms. The van der Waals surface area contributed by atoms with Gasteiger partial charge in [-0.05, 0) is 45.2 Å². The molecule has 0 saturated carbocycles. The highest BCUT2D eigenvalue weighted by atomic mass is 16.5. The van der Waals surface area contributed by atoms with E-state index >= 15 is 0 Å². The van der Waals surface area contributed by atoms with Crippen molar-refractivity contribution >= 4 is 11.8 Å². The summed E-state index contributed by atoms with van der Waals surface area (Å²) in [7, 11) is 4.57. The monoisotopic (exact) mass is 392 g/mol. The van der Waals surface area contributed by atoms with Gasteiger partial charge in [-0.25, -0.2) is 0 Å². The Morgan fingerprint density at radius 3 is 2.07 bits per heavy atom. The predicted octanol–water partition coefficient (Wildman–Crippen LogP) is 2.97. The largest absolute Gasteiger partial charge is 0.493 e. The normalized spacial score (nSPS) is 13.6. The molecule has 0 atom stereocenters. The average Bonchev–Trinajstić information content (AvgIpc) is 3.24. The topological polar surface area (TPSA) is 68.3 Å². The summed E-state index contributed by atoms with van der Waals surface area (Å²) >= 11 is 0. The Kier molecular flexibility index (Phi) is 7.96. The van der Waals surface area contributed by atoms with Gasteiger partial charge in [-0.1, -0.05) is 0 Å². The standard InChI is InChI=1S/C21H32N2O5/c1-15(2)23(12-8-9-19(24)22-10-6-7-11-22)21(25)16-13-17(26-3)20(28-5)18(14-16)27-4/h13-15H,6-12H2,1-5H3. The molecule has 2 amide bonds. The summed E-state index contributed by atoms with van der Waals surface area (Å²) in [6.45, 7) is 6.18. The zero-order valence-electron chi connectivity index (χ0n) is 17.6. The number of rotatable bonds is 9. The van der Waals surface area contributed by atoms with Crippen LogP contribution in [0.5, 0.6) is 17.2 Å². The van der Waals surface area contributed by atoms with Crippen LogP contribution in [0.25, 0.3) is 0 Å². The van der Waals surface area contributed by atoms with E-state index in [4.69, 9.17) is 14.2 Å². The summed E-state index contributed by atoms with van der Waals surface area (Å²) in [6, 6.07) is 3.33. The zero-order chi connectivity index (χ0) is 20.7. The molecule has 1 fully saturated rings. The molecule has 7 heteroatoms. The van der Waals surface area contributed by atoms with Gasteiger partial charge in [-0.2, -0.15) is 0 Å². The van der Waals surface area contributed by atoms with E-state index in [2.05, 4.69) is 0 Å². The van der Waals surface area contributed by atoms with Crippen molar-refractivity contribution in [1.29, 1.82) is 0 Å². The van der Waals surface area contributed by atoms with Crippen LogP contribution in [0.2, 0.25) is 0 Å². The average molecular weight is 392 g/mol. The lowest BCUT2D eigenvalue weighted by molar-refractivity contribution is -0.130. The molecule has 28 heavy (non-hydrogen) atoms. The first kappa shape index (κ1) is 21.9. The van der Waals surface area contributed by atoms with Crippen LogP contribution < -0.4 is 14.2 Å². The van der Waals surface area contributed by atoms with Gasteiger partial charge in [0.1, 0.15) is 0 Å². The molecule has 1 aromatic carbocycles. The lowest BCUT2D eigenvalue weighted by Gasteiger charge is -2.27. The highest BCUT2D eigenvalue weighted by Gasteiger charge is 2.24. The number of benzene rings is 1. The number of carbonyl (C=O) groups excluding carboxylic acids is 2. The Morgan fingerprint density at radius 1 is 1.04 bits per heavy atom. The summed E-state index contributed by atoms with van der Waals surface area (Å²) in [5.41, 5.74) is 0.467. The van der Waals surface area contributed by atoms with Gasteiger partial charge in [0.2, 0.25) is 11.7 Å². The van der Waals surface area contributed by atoms with E-state index in [1.165, 1.54) is 21.3 Å². The van der Waals surface area contributed by atoms with Crippen molar-refractivity contribution in [3.8, 4) is 17.2 Å². The maximum atomic E-state index is 13.1. The fourth-order valence-corrected chi connectivity index (χ4v) is 3.49. The van der Waals surface area contributed by atoms with Crippen LogP contribution >= 0.6 is 0 Å². The summed E-state index contributed by atoms with van der Waals surface area (Å²) in [4.78, 5) is 29.1. The van der Waals surface area contributed by atoms with Gasteiger partial charge in [0, 0.05) is 37.7 Å². The fourth-order valence-electron chi connectivity index (χ4n) is 3.49. The van der Waals surface area contributed by atoms with Crippen LogP contribution in [0.15, 0.2) is 12.1 Å². The van der Waals surface area contributed by atoms with Gasteiger partial charge in [-0.15, -0.1) is 0 Å². The number of hydrogen-bond acceptors (Lipinski definition) is 5. The van der Waals surface area contributed by atoms with E-state index in [-0.39, 0.29) is 17.9 Å². The molecule has 0 aliphatic carbocycles. The number of ether oxygens (including phenoxy) is 3. The van der Waals surface area contributed by atoms with Crippen LogP contribution in [-0.2, 0) is 4.79 Å². The fraction of sp³-hybridized carbons (Fsp3) is 0.619. The van der Waals surface area contributed by atoms with Gasteiger partial charge in [0.15, 0.2) is 11.5 Å². The molecule has 2 rings (SSSR count). The molecular formula is C21H32N2O5. The first-order valence-electron chi connectivity index (χ1n) is 9.81. The van der Waals surface area contributed by atoms with Crippen LogP contribution in [0, 0.1) is 0 Å². The molecule has 0 unspecified atom stereocenters. The predicted molar refractivity (Wildman–Crippen MR) is 107 cm³/mol. The molecule has 1 saturated heterocycles. The van der Waals surface area contributed by atoms with Crippen LogP contribution in [-0.4, -0.2) is 68.6 Å². The SMILES string of the molecule is COc1cc(C(=O)N(CCCC(=O)N2CCCC2)C(C)C)cc(OC)c1OC. The minimum atomic E-state index is -0.122. The maximum Gasteiger partial charge on any atom is 0.254 e. The third kappa shape index (κ3) is 5.09. The van der Waals surface area contributed by atoms with Crippen molar-refractivity contribution in [3.63, 3.8) is 0 Å². The Bertz CT molecular complexity index is 658. The number of methoxy groups -OCH3 is 3. The van der Waals surface area contributed by atoms with Crippen molar-refractivity contribution < 1.29 is 23.8 Å². The van der Waals surface area contributed by atoms with Gasteiger partial charge >= 0.3 is 0 Å². The highest BCUT2D eigenvalue weighted by molar-refractivity contribution is 5.96. The molecule has 156 valence electrons. The van der Waals surface area contributed by atoms with Crippen LogP contribution in [0.3, 0.4) is 0 Å². The maximum absolute atomic E-state index is 13.1. The van der Waals surface area contributed by atoms with Crippen molar-refractivity contribution in [2.75, 3.05) is 41.0 Å². The molecule has 0 radical (unpaired) electrons. The van der Waals surface area contributed by atoms with E-state index in [0.717, 1.165) is 25.9 Å². The van der Waals surface area contributed by atoms with Crippen molar-refractivity contribution in [2.45, 2.75) is 45.6 Å². The minimum Gasteiger partial charge on any atom is -0.493 e. The van der Waals surface area contributed by atoms with Crippen LogP contribution in [0.4, 0.5) is 0 Å². The second-order valence-electron chi connectivity index (χ2n) is 7.20.